The average Bonchev–Trinajstić information content (AvgIpc) is 3.53. The minimum atomic E-state index is -0.0400. The van der Waals surface area contributed by atoms with Gasteiger partial charge in [0.25, 0.3) is 0 Å². The van der Waals surface area contributed by atoms with Gasteiger partial charge in [-0.05, 0) is 111 Å². The zero-order valence-electron chi connectivity index (χ0n) is 24.2. The van der Waals surface area contributed by atoms with E-state index >= 15 is 0 Å². The number of nitrogens with one attached hydrogen (secondary N) is 1. The summed E-state index contributed by atoms with van der Waals surface area (Å²) in [7, 11) is 0. The van der Waals surface area contributed by atoms with Crippen LogP contribution in [0.15, 0.2) is 97.1 Å². The summed E-state index contributed by atoms with van der Waals surface area (Å²) < 4.78 is 0. The molecule has 42 heavy (non-hydrogen) atoms. The Morgan fingerprint density at radius 3 is 2.00 bits per heavy atom. The van der Waals surface area contributed by atoms with Crippen molar-refractivity contribution in [1.82, 2.24) is 4.98 Å². The van der Waals surface area contributed by atoms with Crippen LogP contribution in [-0.4, -0.2) is 4.98 Å². The van der Waals surface area contributed by atoms with Crippen LogP contribution in [0.4, 0.5) is 0 Å². The molecule has 0 unspecified atom stereocenters. The van der Waals surface area contributed by atoms with Crippen molar-refractivity contribution in [2.24, 2.45) is 0 Å². The van der Waals surface area contributed by atoms with Crippen molar-refractivity contribution >= 4 is 34.0 Å². The number of aromatic nitrogens is 1. The van der Waals surface area contributed by atoms with Crippen molar-refractivity contribution in [2.75, 3.05) is 0 Å². The van der Waals surface area contributed by atoms with Crippen LogP contribution in [0.3, 0.4) is 0 Å². The first-order valence-corrected chi connectivity index (χ1v) is 15.4. The fraction of sp³-hybridized carbons (Fsp3) is 0.171. The van der Waals surface area contributed by atoms with Crippen LogP contribution < -0.4 is 0 Å². The van der Waals surface area contributed by atoms with Gasteiger partial charge in [0.15, 0.2) is 0 Å². The Labute approximate surface area is 247 Å². The second kappa shape index (κ2) is 8.69. The number of aromatic amines is 1. The molecule has 0 amide bonds. The third kappa shape index (κ3) is 3.31. The molecule has 0 spiro atoms. The lowest BCUT2D eigenvalue weighted by molar-refractivity contribution is 0.656. The van der Waals surface area contributed by atoms with E-state index in [0.29, 0.717) is 0 Å². The second-order valence-electron chi connectivity index (χ2n) is 12.8. The van der Waals surface area contributed by atoms with Crippen LogP contribution in [0.2, 0.25) is 0 Å². The lowest BCUT2D eigenvalue weighted by Crippen LogP contribution is -2.19. The van der Waals surface area contributed by atoms with Crippen molar-refractivity contribution < 1.29 is 0 Å². The van der Waals surface area contributed by atoms with Gasteiger partial charge in [-0.1, -0.05) is 105 Å². The van der Waals surface area contributed by atoms with E-state index in [1.54, 1.807) is 11.1 Å². The Kier molecular flexibility index (Phi) is 4.97. The maximum absolute atomic E-state index is 3.59. The summed E-state index contributed by atoms with van der Waals surface area (Å²) in [6.45, 7) is 4.87. The first kappa shape index (κ1) is 24.0. The van der Waals surface area contributed by atoms with Crippen molar-refractivity contribution in [3.05, 3.63) is 130 Å². The van der Waals surface area contributed by atoms with Crippen LogP contribution in [0, 0.1) is 0 Å². The number of hydrogen-bond acceptors (Lipinski definition) is 0. The Morgan fingerprint density at radius 1 is 0.595 bits per heavy atom. The molecule has 1 N–H and O–H groups in total. The van der Waals surface area contributed by atoms with Gasteiger partial charge in [0.05, 0.1) is 0 Å². The summed E-state index contributed by atoms with van der Waals surface area (Å²) in [6.07, 6.45) is 14.3. The monoisotopic (exact) mass is 539 g/mol. The highest BCUT2D eigenvalue weighted by molar-refractivity contribution is 6.08. The highest BCUT2D eigenvalue weighted by atomic mass is 14.7. The van der Waals surface area contributed by atoms with Crippen LogP contribution in [0.5, 0.6) is 0 Å². The predicted molar refractivity (Wildman–Crippen MR) is 179 cm³/mol. The van der Waals surface area contributed by atoms with Gasteiger partial charge in [-0.15, -0.1) is 0 Å². The average molecular weight is 540 g/mol. The van der Waals surface area contributed by atoms with Crippen LogP contribution >= 0.6 is 0 Å². The zero-order chi connectivity index (χ0) is 28.0. The summed E-state index contributed by atoms with van der Waals surface area (Å²) >= 11 is 0. The fourth-order valence-corrected chi connectivity index (χ4v) is 8.10. The number of benzene rings is 5. The predicted octanol–water partition coefficient (Wildman–Crippen LogP) is 10.9. The van der Waals surface area contributed by atoms with Gasteiger partial charge in [-0.2, -0.15) is 0 Å². The first-order chi connectivity index (χ1) is 20.6. The zero-order valence-corrected chi connectivity index (χ0v) is 24.2. The summed E-state index contributed by atoms with van der Waals surface area (Å²) in [6, 6.07) is 31.6. The Bertz CT molecular complexity index is 2150. The minimum Gasteiger partial charge on any atom is -0.354 e. The van der Waals surface area contributed by atoms with E-state index in [9.17, 15) is 0 Å². The Hall–Kier alpha value is -4.62. The van der Waals surface area contributed by atoms with Gasteiger partial charge >= 0.3 is 0 Å². The van der Waals surface area contributed by atoms with Crippen molar-refractivity contribution in [3.63, 3.8) is 0 Å². The quantitative estimate of drug-likeness (QED) is 0.225. The molecular formula is C41H33N. The Balaban J connectivity index is 1.12. The largest absolute Gasteiger partial charge is 0.354 e. The van der Waals surface area contributed by atoms with E-state index in [0.717, 1.165) is 12.8 Å². The van der Waals surface area contributed by atoms with Gasteiger partial charge in [0.2, 0.25) is 0 Å². The highest BCUT2D eigenvalue weighted by Crippen LogP contribution is 2.55. The topological polar surface area (TPSA) is 15.8 Å². The van der Waals surface area contributed by atoms with Crippen LogP contribution in [0.1, 0.15) is 60.1 Å². The third-order valence-corrected chi connectivity index (χ3v) is 10.1. The summed E-state index contributed by atoms with van der Waals surface area (Å²) in [4.78, 5) is 3.59. The molecule has 3 aliphatic rings. The minimum absolute atomic E-state index is 0.0400. The normalized spacial score (nSPS) is 16.0. The van der Waals surface area contributed by atoms with E-state index in [1.165, 1.54) is 90.3 Å². The molecule has 9 rings (SSSR count). The molecule has 1 nitrogen and oxygen atoms in total. The SMILES string of the molecule is CC1(C)c2cc(-c3ccc(-c4ccc5c(c4)[nH]c4ccccc45)cc3)ccc2-c2c3c(c4c(c21)C=CCC4)CCC=C3. The molecule has 0 saturated heterocycles. The molecular weight excluding hydrogens is 506 g/mol. The van der Waals surface area contributed by atoms with E-state index < -0.39 is 0 Å². The Morgan fingerprint density at radius 2 is 1.21 bits per heavy atom. The third-order valence-electron chi connectivity index (χ3n) is 10.1. The van der Waals surface area contributed by atoms with Gasteiger partial charge < -0.3 is 4.98 Å². The van der Waals surface area contributed by atoms with E-state index in [4.69, 9.17) is 0 Å². The molecule has 6 aromatic rings. The highest BCUT2D eigenvalue weighted by Gasteiger charge is 2.41. The number of hydrogen-bond donors (Lipinski definition) is 1. The molecule has 0 atom stereocenters. The molecule has 1 heteroatoms. The smallest absolute Gasteiger partial charge is 0.0471 e. The number of fused-ring (bicyclic) bond motifs is 11. The molecule has 0 bridgehead atoms. The molecule has 0 saturated carbocycles. The molecule has 0 aliphatic heterocycles. The molecule has 3 aliphatic carbocycles. The maximum atomic E-state index is 3.59. The van der Waals surface area contributed by atoms with E-state index in [1.807, 2.05) is 0 Å². The van der Waals surface area contributed by atoms with Crippen LogP contribution in [0.25, 0.3) is 67.3 Å². The molecule has 202 valence electrons. The fourth-order valence-electron chi connectivity index (χ4n) is 8.10. The van der Waals surface area contributed by atoms with Crippen LogP contribution in [-0.2, 0) is 18.3 Å². The number of rotatable bonds is 2. The molecule has 0 radical (unpaired) electrons. The number of H-pyrrole nitrogens is 1. The maximum Gasteiger partial charge on any atom is 0.0471 e. The first-order valence-electron chi connectivity index (χ1n) is 15.4. The van der Waals surface area contributed by atoms with Crippen molar-refractivity contribution in [3.8, 4) is 33.4 Å². The van der Waals surface area contributed by atoms with Gasteiger partial charge in [-0.25, -0.2) is 0 Å². The molecule has 1 aromatic heterocycles. The molecule has 1 heterocycles. The molecule has 5 aromatic carbocycles. The lowest BCUT2D eigenvalue weighted by Gasteiger charge is -2.30. The second-order valence-corrected chi connectivity index (χ2v) is 12.8. The lowest BCUT2D eigenvalue weighted by atomic mass is 9.74. The van der Waals surface area contributed by atoms with Crippen molar-refractivity contribution in [2.45, 2.75) is 44.9 Å². The van der Waals surface area contributed by atoms with Gasteiger partial charge in [0.1, 0.15) is 0 Å². The summed E-state index contributed by atoms with van der Waals surface area (Å²) in [5, 5.41) is 2.56. The van der Waals surface area contributed by atoms with E-state index in [-0.39, 0.29) is 5.41 Å². The van der Waals surface area contributed by atoms with Gasteiger partial charge in [-0.3, -0.25) is 0 Å². The number of allylic oxidation sites excluding steroid dienone is 2. The summed E-state index contributed by atoms with van der Waals surface area (Å²) in [5.74, 6) is 0. The van der Waals surface area contributed by atoms with Gasteiger partial charge in [0, 0.05) is 27.2 Å². The van der Waals surface area contributed by atoms with E-state index in [2.05, 4.69) is 128 Å². The van der Waals surface area contributed by atoms with Crippen molar-refractivity contribution in [1.29, 1.82) is 0 Å². The summed E-state index contributed by atoms with van der Waals surface area (Å²) in [5.41, 5.74) is 19.5. The standard InChI is InChI=1S/C41H33N/c1-41(2)36-23-27(20-22-35(36)39-33-12-5-3-9-29(33)30-10-4-6-13-34(30)40(39)41)25-15-17-26(18-16-25)28-19-21-32-31-11-7-8-14-37(31)42-38(32)24-28/h5-8,11-24,42H,3-4,9-10H2,1-2H3. The number of para-hydroxylation sites is 1. The molecule has 0 fully saturated rings.